The summed E-state index contributed by atoms with van der Waals surface area (Å²) in [6.07, 6.45) is 1.01. The van der Waals surface area contributed by atoms with Crippen LogP contribution in [0.15, 0.2) is 0 Å². The molecule has 0 saturated carbocycles. The van der Waals surface area contributed by atoms with Gasteiger partial charge in [0.15, 0.2) is 0 Å². The predicted molar refractivity (Wildman–Crippen MR) is 65.7 cm³/mol. The molecule has 0 atom stereocenters. The molecule has 1 aliphatic heterocycles. The molecule has 0 aromatic carbocycles. The summed E-state index contributed by atoms with van der Waals surface area (Å²) in [5.41, 5.74) is 2.49. The van der Waals surface area contributed by atoms with E-state index in [1.54, 1.807) is 0 Å². The number of rotatable bonds is 2. The highest BCUT2D eigenvalue weighted by Crippen LogP contribution is 2.23. The molecule has 16 heavy (non-hydrogen) atoms. The monoisotopic (exact) mass is 220 g/mol. The fourth-order valence-electron chi connectivity index (χ4n) is 1.98. The standard InChI is InChI=1S/C12H20N4/c1-8(2)16(4)12-10-7-13-6-5-11(10)14-9(3)15-12/h8,13H,5-7H2,1-4H3. The highest BCUT2D eigenvalue weighted by molar-refractivity contribution is 5.50. The van der Waals surface area contributed by atoms with E-state index in [0.29, 0.717) is 6.04 Å². The number of hydrogen-bond acceptors (Lipinski definition) is 4. The van der Waals surface area contributed by atoms with Crippen LogP contribution in [0.5, 0.6) is 0 Å². The number of nitrogens with one attached hydrogen (secondary N) is 1. The van der Waals surface area contributed by atoms with Crippen LogP contribution in [-0.2, 0) is 13.0 Å². The minimum Gasteiger partial charge on any atom is -0.357 e. The molecule has 4 heteroatoms. The summed E-state index contributed by atoms with van der Waals surface area (Å²) in [7, 11) is 2.10. The van der Waals surface area contributed by atoms with Crippen LogP contribution in [-0.4, -0.2) is 29.6 Å². The van der Waals surface area contributed by atoms with E-state index in [-0.39, 0.29) is 0 Å². The normalized spacial score (nSPS) is 15.1. The third-order valence-electron chi connectivity index (χ3n) is 3.13. The van der Waals surface area contributed by atoms with Crippen molar-refractivity contribution in [2.75, 3.05) is 18.5 Å². The van der Waals surface area contributed by atoms with Crippen LogP contribution in [0.25, 0.3) is 0 Å². The Morgan fingerprint density at radius 1 is 1.31 bits per heavy atom. The molecule has 1 aromatic rings. The zero-order valence-electron chi connectivity index (χ0n) is 10.5. The van der Waals surface area contributed by atoms with Gasteiger partial charge in [0, 0.05) is 38.2 Å². The Kier molecular flexibility index (Phi) is 3.10. The first kappa shape index (κ1) is 11.3. The zero-order chi connectivity index (χ0) is 11.7. The van der Waals surface area contributed by atoms with Crippen LogP contribution in [0.4, 0.5) is 5.82 Å². The number of aromatic nitrogens is 2. The number of fused-ring (bicyclic) bond motifs is 1. The first-order valence-electron chi connectivity index (χ1n) is 5.89. The van der Waals surface area contributed by atoms with Crippen LogP contribution >= 0.6 is 0 Å². The van der Waals surface area contributed by atoms with E-state index >= 15 is 0 Å². The molecule has 0 saturated heterocycles. The molecular weight excluding hydrogens is 200 g/mol. The maximum absolute atomic E-state index is 4.58. The molecule has 0 fully saturated rings. The molecule has 0 radical (unpaired) electrons. The molecule has 4 nitrogen and oxygen atoms in total. The van der Waals surface area contributed by atoms with E-state index < -0.39 is 0 Å². The van der Waals surface area contributed by atoms with Gasteiger partial charge in [0.1, 0.15) is 11.6 Å². The molecule has 2 rings (SSSR count). The van der Waals surface area contributed by atoms with Gasteiger partial charge >= 0.3 is 0 Å². The van der Waals surface area contributed by atoms with Crippen molar-refractivity contribution in [2.24, 2.45) is 0 Å². The van der Waals surface area contributed by atoms with Gasteiger partial charge in [0.2, 0.25) is 0 Å². The van der Waals surface area contributed by atoms with Crippen molar-refractivity contribution in [3.63, 3.8) is 0 Å². The Labute approximate surface area is 97.1 Å². The summed E-state index contributed by atoms with van der Waals surface area (Å²) < 4.78 is 0. The lowest BCUT2D eigenvalue weighted by Gasteiger charge is -2.28. The molecule has 1 aromatic heterocycles. The molecule has 0 amide bonds. The highest BCUT2D eigenvalue weighted by atomic mass is 15.2. The van der Waals surface area contributed by atoms with Crippen molar-refractivity contribution in [2.45, 2.75) is 39.8 Å². The van der Waals surface area contributed by atoms with Gasteiger partial charge in [-0.1, -0.05) is 0 Å². The lowest BCUT2D eigenvalue weighted by molar-refractivity contribution is 0.614. The van der Waals surface area contributed by atoms with Gasteiger partial charge in [-0.3, -0.25) is 0 Å². The fraction of sp³-hybridized carbons (Fsp3) is 0.667. The highest BCUT2D eigenvalue weighted by Gasteiger charge is 2.19. The molecular formula is C12H20N4. The van der Waals surface area contributed by atoms with Crippen molar-refractivity contribution in [3.05, 3.63) is 17.1 Å². The summed E-state index contributed by atoms with van der Waals surface area (Å²) in [6.45, 7) is 8.25. The van der Waals surface area contributed by atoms with Crippen LogP contribution < -0.4 is 10.2 Å². The molecule has 0 spiro atoms. The van der Waals surface area contributed by atoms with Crippen molar-refractivity contribution in [3.8, 4) is 0 Å². The molecule has 0 bridgehead atoms. The summed E-state index contributed by atoms with van der Waals surface area (Å²) in [5, 5.41) is 3.39. The lowest BCUT2D eigenvalue weighted by atomic mass is 10.1. The molecule has 2 heterocycles. The number of nitrogens with zero attached hydrogens (tertiary/aromatic N) is 3. The average molecular weight is 220 g/mol. The second kappa shape index (κ2) is 4.37. The smallest absolute Gasteiger partial charge is 0.137 e. The maximum atomic E-state index is 4.58. The third kappa shape index (κ3) is 2.02. The summed E-state index contributed by atoms with van der Waals surface area (Å²) in [6, 6.07) is 0.459. The van der Waals surface area contributed by atoms with Gasteiger partial charge in [0.25, 0.3) is 0 Å². The van der Waals surface area contributed by atoms with Crippen LogP contribution in [0, 0.1) is 6.92 Å². The predicted octanol–water partition coefficient (Wildman–Crippen LogP) is 1.28. The van der Waals surface area contributed by atoms with Gasteiger partial charge < -0.3 is 10.2 Å². The SMILES string of the molecule is Cc1nc2c(c(N(C)C(C)C)n1)CNCC2. The van der Waals surface area contributed by atoms with E-state index in [1.807, 2.05) is 6.92 Å². The number of aryl methyl sites for hydroxylation is 1. The van der Waals surface area contributed by atoms with E-state index in [0.717, 1.165) is 31.2 Å². The third-order valence-corrected chi connectivity index (χ3v) is 3.13. The summed E-state index contributed by atoms with van der Waals surface area (Å²) >= 11 is 0. The number of anilines is 1. The van der Waals surface area contributed by atoms with E-state index in [2.05, 4.69) is 41.1 Å². The Bertz CT molecular complexity index is 387. The van der Waals surface area contributed by atoms with E-state index in [9.17, 15) is 0 Å². The summed E-state index contributed by atoms with van der Waals surface area (Å²) in [4.78, 5) is 11.3. The molecule has 1 aliphatic rings. The van der Waals surface area contributed by atoms with Gasteiger partial charge in [-0.25, -0.2) is 9.97 Å². The first-order valence-corrected chi connectivity index (χ1v) is 5.89. The van der Waals surface area contributed by atoms with Gasteiger partial charge in [-0.2, -0.15) is 0 Å². The number of hydrogen-bond donors (Lipinski definition) is 1. The Morgan fingerprint density at radius 2 is 2.06 bits per heavy atom. The van der Waals surface area contributed by atoms with Crippen molar-refractivity contribution >= 4 is 5.82 Å². The molecule has 0 unspecified atom stereocenters. The largest absolute Gasteiger partial charge is 0.357 e. The Morgan fingerprint density at radius 3 is 2.75 bits per heavy atom. The topological polar surface area (TPSA) is 41.1 Å². The molecule has 0 aliphatic carbocycles. The van der Waals surface area contributed by atoms with Crippen LogP contribution in [0.3, 0.4) is 0 Å². The summed E-state index contributed by atoms with van der Waals surface area (Å²) in [5.74, 6) is 1.97. The quantitative estimate of drug-likeness (QED) is 0.815. The van der Waals surface area contributed by atoms with Crippen molar-refractivity contribution in [1.29, 1.82) is 0 Å². The van der Waals surface area contributed by atoms with E-state index in [4.69, 9.17) is 0 Å². The average Bonchev–Trinajstić information content (AvgIpc) is 2.26. The second-order valence-corrected chi connectivity index (χ2v) is 4.65. The Hall–Kier alpha value is -1.16. The Balaban J connectivity index is 2.47. The second-order valence-electron chi connectivity index (χ2n) is 4.65. The van der Waals surface area contributed by atoms with Gasteiger partial charge in [-0.15, -0.1) is 0 Å². The van der Waals surface area contributed by atoms with Crippen molar-refractivity contribution < 1.29 is 0 Å². The minimum absolute atomic E-state index is 0.459. The lowest BCUT2D eigenvalue weighted by Crippen LogP contribution is -2.32. The van der Waals surface area contributed by atoms with Crippen molar-refractivity contribution in [1.82, 2.24) is 15.3 Å². The maximum Gasteiger partial charge on any atom is 0.137 e. The van der Waals surface area contributed by atoms with Gasteiger partial charge in [-0.05, 0) is 20.8 Å². The zero-order valence-corrected chi connectivity index (χ0v) is 10.5. The first-order chi connectivity index (χ1) is 7.59. The van der Waals surface area contributed by atoms with Gasteiger partial charge in [0.05, 0.1) is 5.69 Å². The van der Waals surface area contributed by atoms with Crippen LogP contribution in [0.1, 0.15) is 30.9 Å². The molecule has 1 N–H and O–H groups in total. The van der Waals surface area contributed by atoms with E-state index in [1.165, 1.54) is 11.3 Å². The van der Waals surface area contributed by atoms with Crippen LogP contribution in [0.2, 0.25) is 0 Å². The molecule has 88 valence electrons. The fourth-order valence-corrected chi connectivity index (χ4v) is 1.98. The minimum atomic E-state index is 0.459.